The lowest BCUT2D eigenvalue weighted by atomic mass is 10.1. The molecule has 0 heterocycles. The van der Waals surface area contributed by atoms with Crippen LogP contribution in [0, 0.1) is 0 Å². The summed E-state index contributed by atoms with van der Waals surface area (Å²) in [5, 5.41) is 0.0770. The average Bonchev–Trinajstić information content (AvgIpc) is 2.29. The van der Waals surface area contributed by atoms with Crippen molar-refractivity contribution in [3.05, 3.63) is 29.8 Å². The lowest BCUT2D eigenvalue weighted by molar-refractivity contribution is 0.483. The maximum absolute atomic E-state index is 10.9. The predicted octanol–water partition coefficient (Wildman–Crippen LogP) is 3.66. The molecule has 1 aromatic carbocycles. The van der Waals surface area contributed by atoms with Gasteiger partial charge in [0.05, 0.1) is 4.90 Å². The minimum Gasteiger partial charge on any atom is -0.282 e. The number of alkyl halides is 1. The van der Waals surface area contributed by atoms with E-state index in [1.165, 1.54) is 25.0 Å². The highest BCUT2D eigenvalue weighted by Gasteiger charge is 2.10. The second kappa shape index (κ2) is 7.12. The summed E-state index contributed by atoms with van der Waals surface area (Å²) in [7, 11) is -4.10. The summed E-state index contributed by atoms with van der Waals surface area (Å²) in [6, 6.07) is 6.19. The molecule has 0 aliphatic rings. The summed E-state index contributed by atoms with van der Waals surface area (Å²) in [4.78, 5) is -0.0802. The van der Waals surface area contributed by atoms with Crippen LogP contribution in [0.15, 0.2) is 29.2 Å². The van der Waals surface area contributed by atoms with E-state index in [1.807, 2.05) is 0 Å². The first-order valence-corrected chi connectivity index (χ1v) is 8.01. The van der Waals surface area contributed by atoms with E-state index >= 15 is 0 Å². The fourth-order valence-electron chi connectivity index (χ4n) is 1.77. The number of hydrogen-bond acceptors (Lipinski definition) is 2. The van der Waals surface area contributed by atoms with Crippen molar-refractivity contribution in [1.82, 2.24) is 0 Å². The zero-order valence-electron chi connectivity index (χ0n) is 10.5. The standard InChI is InChI=1S/C13H19ClO3S/c1-2-3-4-5-12(14)10-11-6-8-13(9-7-11)18(15,16)17/h6-9,12H,2-5,10H2,1H3,(H,15,16,17). The van der Waals surface area contributed by atoms with Crippen LogP contribution in [0.5, 0.6) is 0 Å². The van der Waals surface area contributed by atoms with Gasteiger partial charge in [0.1, 0.15) is 0 Å². The highest BCUT2D eigenvalue weighted by molar-refractivity contribution is 7.85. The Hall–Kier alpha value is -0.580. The van der Waals surface area contributed by atoms with Crippen LogP contribution in [-0.4, -0.2) is 18.3 Å². The van der Waals surface area contributed by atoms with Crippen molar-refractivity contribution in [1.29, 1.82) is 0 Å². The number of unbranched alkanes of at least 4 members (excludes halogenated alkanes) is 2. The maximum Gasteiger partial charge on any atom is 0.294 e. The second-order valence-corrected chi connectivity index (χ2v) is 6.45. The molecule has 3 nitrogen and oxygen atoms in total. The van der Waals surface area contributed by atoms with Gasteiger partial charge in [-0.25, -0.2) is 0 Å². The van der Waals surface area contributed by atoms with Gasteiger partial charge in [-0.1, -0.05) is 38.3 Å². The normalized spacial score (nSPS) is 13.5. The summed E-state index contributed by atoms with van der Waals surface area (Å²) in [6.45, 7) is 2.15. The minimum absolute atomic E-state index is 0.0770. The van der Waals surface area contributed by atoms with Crippen LogP contribution in [-0.2, 0) is 16.5 Å². The summed E-state index contributed by atoms with van der Waals surface area (Å²) in [6.07, 6.45) is 5.16. The molecule has 1 atom stereocenters. The van der Waals surface area contributed by atoms with E-state index in [0.29, 0.717) is 0 Å². The molecule has 18 heavy (non-hydrogen) atoms. The van der Waals surface area contributed by atoms with Crippen molar-refractivity contribution in [3.8, 4) is 0 Å². The minimum atomic E-state index is -4.10. The second-order valence-electron chi connectivity index (χ2n) is 4.42. The molecule has 0 aromatic heterocycles. The van der Waals surface area contributed by atoms with Gasteiger partial charge in [0, 0.05) is 5.38 Å². The molecular weight excluding hydrogens is 272 g/mol. The zero-order valence-corrected chi connectivity index (χ0v) is 12.0. The van der Waals surface area contributed by atoms with Gasteiger partial charge in [-0.05, 0) is 30.5 Å². The van der Waals surface area contributed by atoms with E-state index in [1.54, 1.807) is 12.1 Å². The third-order valence-electron chi connectivity index (χ3n) is 2.80. The Bertz CT molecular complexity index is 454. The van der Waals surface area contributed by atoms with Gasteiger partial charge in [0.15, 0.2) is 0 Å². The van der Waals surface area contributed by atoms with Crippen molar-refractivity contribution in [2.75, 3.05) is 0 Å². The van der Waals surface area contributed by atoms with Crippen molar-refractivity contribution in [3.63, 3.8) is 0 Å². The van der Waals surface area contributed by atoms with Crippen LogP contribution in [0.2, 0.25) is 0 Å². The molecule has 1 N–H and O–H groups in total. The van der Waals surface area contributed by atoms with E-state index < -0.39 is 10.1 Å². The third kappa shape index (κ3) is 5.38. The first-order chi connectivity index (χ1) is 8.43. The molecule has 0 radical (unpaired) electrons. The topological polar surface area (TPSA) is 54.4 Å². The average molecular weight is 291 g/mol. The third-order valence-corrected chi connectivity index (χ3v) is 4.04. The number of hydrogen-bond donors (Lipinski definition) is 1. The Kier molecular flexibility index (Phi) is 6.12. The maximum atomic E-state index is 10.9. The van der Waals surface area contributed by atoms with Crippen LogP contribution in [0.3, 0.4) is 0 Å². The monoisotopic (exact) mass is 290 g/mol. The summed E-state index contributed by atoms with van der Waals surface area (Å²) in [5.41, 5.74) is 0.985. The molecule has 0 saturated carbocycles. The van der Waals surface area contributed by atoms with Gasteiger partial charge in [-0.15, -0.1) is 11.6 Å². The highest BCUT2D eigenvalue weighted by atomic mass is 35.5. The molecule has 1 rings (SSSR count). The van der Waals surface area contributed by atoms with E-state index in [2.05, 4.69) is 6.92 Å². The Morgan fingerprint density at radius 2 is 1.83 bits per heavy atom. The lowest BCUT2D eigenvalue weighted by Gasteiger charge is -2.09. The molecule has 0 aliphatic heterocycles. The van der Waals surface area contributed by atoms with Crippen LogP contribution in [0.1, 0.15) is 38.2 Å². The Morgan fingerprint density at radius 1 is 1.22 bits per heavy atom. The molecule has 0 bridgehead atoms. The van der Waals surface area contributed by atoms with Crippen molar-refractivity contribution >= 4 is 21.7 Å². The number of rotatable bonds is 7. The molecule has 1 unspecified atom stereocenters. The van der Waals surface area contributed by atoms with Crippen LogP contribution < -0.4 is 0 Å². The number of halogens is 1. The van der Waals surface area contributed by atoms with Gasteiger partial charge < -0.3 is 0 Å². The first-order valence-electron chi connectivity index (χ1n) is 6.14. The number of benzene rings is 1. The Labute approximate surface area is 114 Å². The molecule has 102 valence electrons. The molecular formula is C13H19ClO3S. The van der Waals surface area contributed by atoms with Crippen molar-refractivity contribution in [2.45, 2.75) is 49.3 Å². The molecule has 1 aromatic rings. The largest absolute Gasteiger partial charge is 0.294 e. The van der Waals surface area contributed by atoms with Gasteiger partial charge in [-0.3, -0.25) is 4.55 Å². The Balaban J connectivity index is 2.53. The van der Waals surface area contributed by atoms with E-state index in [0.717, 1.165) is 24.8 Å². The van der Waals surface area contributed by atoms with Crippen molar-refractivity contribution < 1.29 is 13.0 Å². The predicted molar refractivity (Wildman–Crippen MR) is 73.7 cm³/mol. The summed E-state index contributed by atoms with van der Waals surface area (Å²) < 4.78 is 30.6. The van der Waals surface area contributed by atoms with E-state index in [9.17, 15) is 8.42 Å². The SMILES string of the molecule is CCCCCC(Cl)Cc1ccc(S(=O)(=O)O)cc1. The van der Waals surface area contributed by atoms with Gasteiger partial charge >= 0.3 is 0 Å². The lowest BCUT2D eigenvalue weighted by Crippen LogP contribution is -2.04. The highest BCUT2D eigenvalue weighted by Crippen LogP contribution is 2.17. The zero-order chi connectivity index (χ0) is 13.6. The van der Waals surface area contributed by atoms with Crippen LogP contribution >= 0.6 is 11.6 Å². The van der Waals surface area contributed by atoms with Gasteiger partial charge in [0.25, 0.3) is 10.1 Å². The smallest absolute Gasteiger partial charge is 0.282 e. The first kappa shape index (κ1) is 15.5. The van der Waals surface area contributed by atoms with Crippen LogP contribution in [0.25, 0.3) is 0 Å². The fraction of sp³-hybridized carbons (Fsp3) is 0.538. The van der Waals surface area contributed by atoms with Crippen LogP contribution in [0.4, 0.5) is 0 Å². The summed E-state index contributed by atoms with van der Waals surface area (Å²) in [5.74, 6) is 0. The van der Waals surface area contributed by atoms with E-state index in [-0.39, 0.29) is 10.3 Å². The molecule has 0 saturated heterocycles. The quantitative estimate of drug-likeness (QED) is 0.474. The van der Waals surface area contributed by atoms with Gasteiger partial charge in [-0.2, -0.15) is 8.42 Å². The summed E-state index contributed by atoms with van der Waals surface area (Å²) >= 11 is 6.21. The molecule has 0 fully saturated rings. The molecule has 0 spiro atoms. The fourth-order valence-corrected chi connectivity index (χ4v) is 2.58. The molecule has 5 heteroatoms. The van der Waals surface area contributed by atoms with E-state index in [4.69, 9.17) is 16.2 Å². The molecule has 0 aliphatic carbocycles. The van der Waals surface area contributed by atoms with Crippen molar-refractivity contribution in [2.24, 2.45) is 0 Å². The Morgan fingerprint density at radius 3 is 2.33 bits per heavy atom. The molecule has 0 amide bonds. The van der Waals surface area contributed by atoms with Gasteiger partial charge in [0.2, 0.25) is 0 Å².